The lowest BCUT2D eigenvalue weighted by Gasteiger charge is -1.92. The molecule has 6 N–H and O–H groups in total. The van der Waals surface area contributed by atoms with Crippen molar-refractivity contribution in [2.45, 2.75) is 0 Å². The number of rotatable bonds is 1. The molecule has 0 fully saturated rings. The predicted molar refractivity (Wildman–Crippen MR) is 29.2 cm³/mol. The minimum atomic E-state index is -4.64. The van der Waals surface area contributed by atoms with Crippen molar-refractivity contribution in [1.29, 1.82) is 0 Å². The smallest absolute Gasteiger partial charge is 0.338 e. The topological polar surface area (TPSA) is 141 Å². The first-order chi connectivity index (χ1) is 3.94. The van der Waals surface area contributed by atoms with Crippen molar-refractivity contribution >= 4 is 15.0 Å². The Hall–Kier alpha value is 0.260. The van der Waals surface area contributed by atoms with Crippen molar-refractivity contribution in [3.63, 3.8) is 0 Å². The molecule has 0 heterocycles. The third-order valence-corrected chi connectivity index (χ3v) is 2.24. The minimum absolute atomic E-state index is 3.50. The van der Waals surface area contributed by atoms with E-state index in [1.807, 2.05) is 0 Å². The van der Waals surface area contributed by atoms with E-state index in [2.05, 4.69) is 5.90 Å². The molecule has 0 aromatic heterocycles. The summed E-state index contributed by atoms with van der Waals surface area (Å²) in [5.74, 6) is 3.50. The van der Waals surface area contributed by atoms with Gasteiger partial charge >= 0.3 is 7.28 Å². The molecule has 0 bridgehead atoms. The van der Waals surface area contributed by atoms with Crippen LogP contribution in [0.4, 0.5) is 0 Å². The first kappa shape index (κ1) is 12.0. The second-order valence-electron chi connectivity index (χ2n) is 0.827. The number of hydrogen-bond acceptors (Lipinski definition) is 4. The minimum Gasteiger partial charge on any atom is -0.338 e. The third kappa shape index (κ3) is 8.26. The fraction of sp³-hybridized carbons (Fsp3) is 0. The highest BCUT2D eigenvalue weighted by molar-refractivity contribution is 8.19. The van der Waals surface area contributed by atoms with Gasteiger partial charge in [0.1, 0.15) is 0 Å². The van der Waals surface area contributed by atoms with E-state index in [0.717, 1.165) is 0 Å². The van der Waals surface area contributed by atoms with Gasteiger partial charge in [0.05, 0.1) is 0 Å². The molecule has 0 saturated carbocycles. The number of hydrogen-bond donors (Lipinski definition) is 5. The molecule has 0 amide bonds. The van der Waals surface area contributed by atoms with Gasteiger partial charge in [0, 0.05) is 0 Å². The summed E-state index contributed by atoms with van der Waals surface area (Å²) in [7, 11) is -8.27. The molecule has 9 heteroatoms. The van der Waals surface area contributed by atoms with Crippen LogP contribution in [-0.2, 0) is 9.13 Å². The van der Waals surface area contributed by atoms with Crippen LogP contribution in [0.5, 0.6) is 0 Å². The van der Waals surface area contributed by atoms with Gasteiger partial charge in [-0.05, 0) is 0 Å². The third-order valence-electron chi connectivity index (χ3n) is 0.249. The standard InChI is InChI=1S/H3NO.H4O5P2/c1-2;1-6(2)7(3,4)5/h2H,1H2;6H,(H,1,2)(H2,3,4,5). The zero-order valence-corrected chi connectivity index (χ0v) is 6.02. The first-order valence-electron chi connectivity index (χ1n) is 1.49. The summed E-state index contributed by atoms with van der Waals surface area (Å²) in [5.41, 5.74) is 0. The van der Waals surface area contributed by atoms with Crippen LogP contribution < -0.4 is 5.90 Å². The van der Waals surface area contributed by atoms with E-state index in [-0.39, 0.29) is 0 Å². The SMILES string of the molecule is NO.O=[PH](O)P(=O)(O)O. The molecule has 0 radical (unpaired) electrons. The van der Waals surface area contributed by atoms with Crippen molar-refractivity contribution in [3.05, 3.63) is 0 Å². The Kier molecular flexibility index (Phi) is 6.76. The second-order valence-corrected chi connectivity index (χ2v) is 5.38. The molecule has 0 rings (SSSR count). The molecule has 0 aliphatic carbocycles. The average molecular weight is 179 g/mol. The molecule has 58 valence electrons. The molecule has 0 aromatic carbocycles. The van der Waals surface area contributed by atoms with Crippen LogP contribution in [0.2, 0.25) is 0 Å². The van der Waals surface area contributed by atoms with E-state index in [4.69, 9.17) is 19.9 Å². The molecule has 1 unspecified atom stereocenters. The average Bonchev–Trinajstić information content (AvgIpc) is 1.69. The Labute approximate surface area is 51.0 Å². The highest BCUT2D eigenvalue weighted by Gasteiger charge is 2.19. The molecule has 7 nitrogen and oxygen atoms in total. The Bertz CT molecular complexity index is 123. The quantitative estimate of drug-likeness (QED) is 0.253. The van der Waals surface area contributed by atoms with E-state index < -0.39 is 15.0 Å². The van der Waals surface area contributed by atoms with Crippen molar-refractivity contribution in [2.75, 3.05) is 0 Å². The van der Waals surface area contributed by atoms with Gasteiger partial charge in [0.15, 0.2) is 0 Å². The van der Waals surface area contributed by atoms with E-state index in [0.29, 0.717) is 0 Å². The van der Waals surface area contributed by atoms with Gasteiger partial charge in [-0.3, -0.25) is 4.57 Å². The maximum Gasteiger partial charge on any atom is 0.404 e. The fourth-order valence-electron chi connectivity index (χ4n) is 0. The van der Waals surface area contributed by atoms with Crippen LogP contribution in [0.1, 0.15) is 0 Å². The zero-order chi connectivity index (χ0) is 8.08. The van der Waals surface area contributed by atoms with Gasteiger partial charge in [-0.2, -0.15) is 0 Å². The summed E-state index contributed by atoms with van der Waals surface area (Å²) in [6, 6.07) is 0. The summed E-state index contributed by atoms with van der Waals surface area (Å²) < 4.78 is 19.0. The Morgan fingerprint density at radius 1 is 1.33 bits per heavy atom. The van der Waals surface area contributed by atoms with E-state index in [1.54, 1.807) is 0 Å². The van der Waals surface area contributed by atoms with Crippen molar-refractivity contribution in [2.24, 2.45) is 5.90 Å². The summed E-state index contributed by atoms with van der Waals surface area (Å²) in [6.45, 7) is 0. The van der Waals surface area contributed by atoms with Gasteiger partial charge in [-0.15, -0.1) is 0 Å². The molecule has 1 atom stereocenters. The fourth-order valence-corrected chi connectivity index (χ4v) is 0. The first-order valence-corrected chi connectivity index (χ1v) is 5.30. The lowest BCUT2D eigenvalue weighted by molar-refractivity contribution is 0.311. The van der Waals surface area contributed by atoms with Crippen LogP contribution >= 0.6 is 15.0 Å². The summed E-state index contributed by atoms with van der Waals surface area (Å²) in [5, 5.41) is 6.50. The summed E-state index contributed by atoms with van der Waals surface area (Å²) >= 11 is 0. The normalized spacial score (nSPS) is 13.4. The summed E-state index contributed by atoms with van der Waals surface area (Å²) in [4.78, 5) is 23.0. The lowest BCUT2D eigenvalue weighted by atomic mass is 13.6. The monoisotopic (exact) mass is 179 g/mol. The van der Waals surface area contributed by atoms with Crippen molar-refractivity contribution in [3.8, 4) is 0 Å². The molecule has 0 aliphatic heterocycles. The molecule has 0 aliphatic rings. The van der Waals surface area contributed by atoms with Gasteiger partial charge < -0.3 is 19.9 Å². The zero-order valence-electron chi connectivity index (χ0n) is 4.13. The van der Waals surface area contributed by atoms with Crippen LogP contribution in [0.3, 0.4) is 0 Å². The van der Waals surface area contributed by atoms with Gasteiger partial charge in [-0.25, -0.2) is 10.5 Å². The Balaban J connectivity index is 0. The van der Waals surface area contributed by atoms with Crippen LogP contribution in [0.25, 0.3) is 0 Å². The maximum absolute atomic E-state index is 9.51. The van der Waals surface area contributed by atoms with Crippen LogP contribution in [0, 0.1) is 0 Å². The Morgan fingerprint density at radius 3 is 1.44 bits per heavy atom. The Morgan fingerprint density at radius 2 is 1.44 bits per heavy atom. The van der Waals surface area contributed by atoms with Crippen molar-refractivity contribution < 1.29 is 29.0 Å². The highest BCUT2D eigenvalue weighted by atomic mass is 32.1. The summed E-state index contributed by atoms with van der Waals surface area (Å²) in [6.07, 6.45) is 0. The van der Waals surface area contributed by atoms with E-state index in [1.165, 1.54) is 0 Å². The van der Waals surface area contributed by atoms with Gasteiger partial charge in [0.25, 0.3) is 7.72 Å². The highest BCUT2D eigenvalue weighted by Crippen LogP contribution is 2.59. The molecule has 0 spiro atoms. The predicted octanol–water partition coefficient (Wildman–Crippen LogP) is -1.12. The molecular weight excluding hydrogens is 172 g/mol. The molecule has 0 aromatic rings. The molecule has 0 saturated heterocycles. The lowest BCUT2D eigenvalue weighted by Crippen LogP contribution is -1.72. The van der Waals surface area contributed by atoms with Crippen LogP contribution in [0.15, 0.2) is 0 Å². The molecule has 9 heavy (non-hydrogen) atoms. The largest absolute Gasteiger partial charge is 0.404 e. The number of nitrogens with two attached hydrogens (primary N) is 1. The molecular formula is H7NO6P2. The van der Waals surface area contributed by atoms with E-state index >= 15 is 0 Å². The van der Waals surface area contributed by atoms with E-state index in [9.17, 15) is 9.13 Å². The van der Waals surface area contributed by atoms with Crippen molar-refractivity contribution in [1.82, 2.24) is 0 Å². The van der Waals surface area contributed by atoms with Gasteiger partial charge in [-0.1, -0.05) is 0 Å². The van der Waals surface area contributed by atoms with Crippen LogP contribution in [-0.4, -0.2) is 19.9 Å². The maximum atomic E-state index is 9.51. The second kappa shape index (κ2) is 5.08. The van der Waals surface area contributed by atoms with Gasteiger partial charge in [0.2, 0.25) is 0 Å².